The van der Waals surface area contributed by atoms with Crippen LogP contribution in [-0.4, -0.2) is 8.75 Å². The molecule has 0 saturated heterocycles. The lowest BCUT2D eigenvalue weighted by Gasteiger charge is -1.92. The van der Waals surface area contributed by atoms with Crippen LogP contribution in [0.3, 0.4) is 0 Å². The molecule has 0 saturated carbocycles. The number of aromatic nitrogens is 2. The van der Waals surface area contributed by atoms with Crippen LogP contribution in [0.5, 0.6) is 0 Å². The van der Waals surface area contributed by atoms with Crippen LogP contribution in [0.1, 0.15) is 0 Å². The number of benzene rings is 1. The number of fused-ring (bicyclic) bond motifs is 1. The summed E-state index contributed by atoms with van der Waals surface area (Å²) in [5.74, 6) is 0. The number of rotatable bonds is 0. The van der Waals surface area contributed by atoms with E-state index >= 15 is 0 Å². The average molecular weight is 388 g/mol. The van der Waals surface area contributed by atoms with Gasteiger partial charge in [-0.1, -0.05) is 0 Å². The molecule has 1 aromatic heterocycles. The van der Waals surface area contributed by atoms with Crippen molar-refractivity contribution in [3.05, 3.63) is 19.3 Å². The standard InChI is InChI=1S/C6H2I2N2S/c7-3-1-2-4(8)6-5(3)9-11-10-6/h1-2H. The number of hydrogen-bond acceptors (Lipinski definition) is 3. The normalized spacial score (nSPS) is 10.7. The first-order chi connectivity index (χ1) is 5.29. The van der Waals surface area contributed by atoms with Crippen LogP contribution in [0.25, 0.3) is 11.0 Å². The highest BCUT2D eigenvalue weighted by atomic mass is 127. The molecule has 11 heavy (non-hydrogen) atoms. The summed E-state index contributed by atoms with van der Waals surface area (Å²) in [6.07, 6.45) is 0. The van der Waals surface area contributed by atoms with Gasteiger partial charge < -0.3 is 0 Å². The van der Waals surface area contributed by atoms with E-state index in [2.05, 4.69) is 66.1 Å². The minimum Gasteiger partial charge on any atom is -0.172 e. The number of hydrogen-bond donors (Lipinski definition) is 0. The van der Waals surface area contributed by atoms with E-state index in [0.717, 1.165) is 11.0 Å². The minimum atomic E-state index is 1.03. The Kier molecular flexibility index (Phi) is 2.28. The van der Waals surface area contributed by atoms with Crippen LogP contribution in [0.15, 0.2) is 12.1 Å². The van der Waals surface area contributed by atoms with Crippen LogP contribution in [0.2, 0.25) is 0 Å². The van der Waals surface area contributed by atoms with Crippen LogP contribution in [0, 0.1) is 7.14 Å². The fraction of sp³-hybridized carbons (Fsp3) is 0. The molecule has 0 amide bonds. The highest BCUT2D eigenvalue weighted by Crippen LogP contribution is 2.23. The summed E-state index contributed by atoms with van der Waals surface area (Å²) >= 11 is 5.82. The molecule has 0 radical (unpaired) electrons. The predicted octanol–water partition coefficient (Wildman–Crippen LogP) is 2.90. The fourth-order valence-corrected chi connectivity index (χ4v) is 2.82. The molecule has 1 aromatic carbocycles. The molecule has 0 spiro atoms. The van der Waals surface area contributed by atoms with Gasteiger partial charge in [-0.3, -0.25) is 0 Å². The topological polar surface area (TPSA) is 25.8 Å². The van der Waals surface area contributed by atoms with Gasteiger partial charge in [-0.05, 0) is 57.3 Å². The fourth-order valence-electron chi connectivity index (χ4n) is 0.806. The summed E-state index contributed by atoms with van der Waals surface area (Å²) in [5, 5.41) is 0. The maximum absolute atomic E-state index is 4.20. The van der Waals surface area contributed by atoms with Gasteiger partial charge in [0, 0.05) is 7.14 Å². The Morgan fingerprint density at radius 3 is 1.91 bits per heavy atom. The summed E-state index contributed by atoms with van der Waals surface area (Å²) in [6, 6.07) is 4.12. The van der Waals surface area contributed by atoms with E-state index in [1.807, 2.05) is 0 Å². The molecule has 0 fully saturated rings. The first-order valence-electron chi connectivity index (χ1n) is 2.85. The quantitative estimate of drug-likeness (QED) is 0.649. The van der Waals surface area contributed by atoms with Crippen molar-refractivity contribution < 1.29 is 0 Å². The van der Waals surface area contributed by atoms with E-state index in [-0.39, 0.29) is 0 Å². The van der Waals surface area contributed by atoms with Gasteiger partial charge in [-0.15, -0.1) is 0 Å². The van der Waals surface area contributed by atoms with Crippen LogP contribution < -0.4 is 0 Å². The van der Waals surface area contributed by atoms with Gasteiger partial charge in [0.05, 0.1) is 11.7 Å². The molecule has 1 heterocycles. The highest BCUT2D eigenvalue weighted by Gasteiger charge is 2.05. The van der Waals surface area contributed by atoms with Gasteiger partial charge >= 0.3 is 0 Å². The Hall–Kier alpha value is 0.500. The molecule has 0 atom stereocenters. The van der Waals surface area contributed by atoms with Crippen molar-refractivity contribution in [2.24, 2.45) is 0 Å². The lowest BCUT2D eigenvalue weighted by molar-refractivity contribution is 1.58. The Morgan fingerprint density at radius 2 is 1.45 bits per heavy atom. The molecular weight excluding hydrogens is 386 g/mol. The Bertz CT molecular complexity index is 362. The molecule has 0 unspecified atom stereocenters. The zero-order chi connectivity index (χ0) is 7.84. The Balaban J connectivity index is 2.96. The molecule has 2 nitrogen and oxygen atoms in total. The largest absolute Gasteiger partial charge is 0.172 e. The van der Waals surface area contributed by atoms with Crippen molar-refractivity contribution in [3.63, 3.8) is 0 Å². The molecule has 2 rings (SSSR count). The van der Waals surface area contributed by atoms with E-state index in [9.17, 15) is 0 Å². The van der Waals surface area contributed by atoms with E-state index in [1.165, 1.54) is 18.9 Å². The van der Waals surface area contributed by atoms with Gasteiger partial charge in [0.2, 0.25) is 0 Å². The Labute approximate surface area is 95.0 Å². The van der Waals surface area contributed by atoms with Crippen LogP contribution in [-0.2, 0) is 0 Å². The summed E-state index contributed by atoms with van der Waals surface area (Å²) in [5.41, 5.74) is 2.06. The zero-order valence-corrected chi connectivity index (χ0v) is 10.3. The van der Waals surface area contributed by atoms with Gasteiger partial charge in [0.25, 0.3) is 0 Å². The van der Waals surface area contributed by atoms with Crippen molar-refractivity contribution in [3.8, 4) is 0 Å². The van der Waals surface area contributed by atoms with Crippen molar-refractivity contribution in [1.82, 2.24) is 8.75 Å². The van der Waals surface area contributed by atoms with Crippen LogP contribution in [0.4, 0.5) is 0 Å². The summed E-state index contributed by atoms with van der Waals surface area (Å²) < 4.78 is 10.7. The molecule has 0 bridgehead atoms. The molecule has 0 aliphatic heterocycles. The molecule has 0 aliphatic carbocycles. The first-order valence-corrected chi connectivity index (χ1v) is 5.74. The molecule has 0 aliphatic rings. The van der Waals surface area contributed by atoms with Gasteiger partial charge in [-0.2, -0.15) is 8.75 Å². The molecule has 2 aromatic rings. The SMILES string of the molecule is Ic1ccc(I)c2nsnc12. The van der Waals surface area contributed by atoms with Gasteiger partial charge in [0.15, 0.2) is 0 Å². The van der Waals surface area contributed by atoms with Crippen molar-refractivity contribution >= 4 is 67.9 Å². The molecule has 56 valence electrons. The maximum atomic E-state index is 4.20. The van der Waals surface area contributed by atoms with Crippen molar-refractivity contribution in [1.29, 1.82) is 0 Å². The Morgan fingerprint density at radius 1 is 1.00 bits per heavy atom. The third kappa shape index (κ3) is 1.37. The second kappa shape index (κ2) is 3.09. The smallest absolute Gasteiger partial charge is 0.119 e. The second-order valence-electron chi connectivity index (χ2n) is 1.99. The van der Waals surface area contributed by atoms with Gasteiger partial charge in [0.1, 0.15) is 11.0 Å². The second-order valence-corrected chi connectivity index (χ2v) is 4.84. The van der Waals surface area contributed by atoms with E-state index in [1.54, 1.807) is 0 Å². The average Bonchev–Trinajstić information content (AvgIpc) is 2.45. The van der Waals surface area contributed by atoms with E-state index in [0.29, 0.717) is 0 Å². The first kappa shape index (κ1) is 8.11. The summed E-state index contributed by atoms with van der Waals surface area (Å²) in [7, 11) is 0. The van der Waals surface area contributed by atoms with E-state index in [4.69, 9.17) is 0 Å². The lowest BCUT2D eigenvalue weighted by Crippen LogP contribution is -1.79. The molecular formula is C6H2I2N2S. The van der Waals surface area contributed by atoms with Gasteiger partial charge in [-0.25, -0.2) is 0 Å². The monoisotopic (exact) mass is 388 g/mol. The lowest BCUT2D eigenvalue weighted by atomic mass is 10.3. The molecule has 0 N–H and O–H groups in total. The minimum absolute atomic E-state index is 1.03. The number of halogens is 2. The van der Waals surface area contributed by atoms with Crippen LogP contribution >= 0.6 is 56.9 Å². The zero-order valence-electron chi connectivity index (χ0n) is 5.21. The van der Waals surface area contributed by atoms with Crippen molar-refractivity contribution in [2.45, 2.75) is 0 Å². The predicted molar refractivity (Wildman–Crippen MR) is 62.8 cm³/mol. The number of nitrogens with zero attached hydrogens (tertiary/aromatic N) is 2. The maximum Gasteiger partial charge on any atom is 0.119 e. The summed E-state index contributed by atoms with van der Waals surface area (Å²) in [4.78, 5) is 0. The van der Waals surface area contributed by atoms with Crippen molar-refractivity contribution in [2.75, 3.05) is 0 Å². The third-order valence-corrected chi connectivity index (χ3v) is 3.59. The highest BCUT2D eigenvalue weighted by molar-refractivity contribution is 14.1. The molecule has 5 heteroatoms. The van der Waals surface area contributed by atoms with E-state index < -0.39 is 0 Å². The third-order valence-electron chi connectivity index (χ3n) is 1.32. The summed E-state index contributed by atoms with van der Waals surface area (Å²) in [6.45, 7) is 0.